The lowest BCUT2D eigenvalue weighted by molar-refractivity contribution is -0.118. The van der Waals surface area contributed by atoms with Crippen LogP contribution in [0.25, 0.3) is 10.8 Å². The molecule has 0 radical (unpaired) electrons. The van der Waals surface area contributed by atoms with E-state index in [2.05, 4.69) is 10.6 Å². The van der Waals surface area contributed by atoms with Gasteiger partial charge in [-0.05, 0) is 65.7 Å². The van der Waals surface area contributed by atoms with Gasteiger partial charge in [0.15, 0.2) is 6.61 Å². The summed E-state index contributed by atoms with van der Waals surface area (Å²) >= 11 is 0. The lowest BCUT2D eigenvalue weighted by Crippen LogP contribution is -2.20. The Labute approximate surface area is 180 Å². The minimum Gasteiger partial charge on any atom is -0.484 e. The zero-order valence-electron chi connectivity index (χ0n) is 17.1. The second-order valence-electron chi connectivity index (χ2n) is 7.25. The third-order valence-electron chi connectivity index (χ3n) is 4.78. The summed E-state index contributed by atoms with van der Waals surface area (Å²) in [6, 6.07) is 28.0. The molecule has 2 N–H and O–H groups in total. The Kier molecular flexibility index (Phi) is 5.94. The van der Waals surface area contributed by atoms with Crippen LogP contribution in [0.5, 0.6) is 5.75 Å². The molecule has 4 aromatic rings. The number of hydrogen-bond donors (Lipinski definition) is 2. The molecule has 0 saturated heterocycles. The quantitative estimate of drug-likeness (QED) is 0.446. The average Bonchev–Trinajstić information content (AvgIpc) is 2.78. The first-order chi connectivity index (χ1) is 15.1. The molecule has 0 saturated carbocycles. The van der Waals surface area contributed by atoms with Crippen molar-refractivity contribution in [1.29, 1.82) is 0 Å². The molecule has 0 bridgehead atoms. The van der Waals surface area contributed by atoms with E-state index in [9.17, 15) is 9.59 Å². The number of fused-ring (bicyclic) bond motifs is 1. The number of benzene rings is 4. The van der Waals surface area contributed by atoms with Gasteiger partial charge in [-0.25, -0.2) is 0 Å². The molecular weight excluding hydrogens is 388 g/mol. The van der Waals surface area contributed by atoms with E-state index < -0.39 is 0 Å². The molecule has 0 aliphatic rings. The third kappa shape index (κ3) is 5.28. The Morgan fingerprint density at radius 1 is 0.742 bits per heavy atom. The molecule has 0 aromatic heterocycles. The van der Waals surface area contributed by atoms with Crippen molar-refractivity contribution >= 4 is 34.0 Å². The highest BCUT2D eigenvalue weighted by Crippen LogP contribution is 2.20. The number of amides is 2. The van der Waals surface area contributed by atoms with Crippen LogP contribution in [0.2, 0.25) is 0 Å². The molecule has 0 aliphatic heterocycles. The van der Waals surface area contributed by atoms with E-state index in [0.29, 0.717) is 17.0 Å². The standard InChI is InChI=1S/C26H22N2O3/c1-18-6-4-10-22(14-18)28-26(30)21-9-5-11-23(15-21)27-25(29)17-31-24-13-12-19-7-2-3-8-20(19)16-24/h2-16H,17H2,1H3,(H,27,29)(H,28,30). The molecule has 31 heavy (non-hydrogen) atoms. The number of rotatable bonds is 6. The van der Waals surface area contributed by atoms with E-state index in [-0.39, 0.29) is 18.4 Å². The van der Waals surface area contributed by atoms with Gasteiger partial charge in [0.1, 0.15) is 5.75 Å². The van der Waals surface area contributed by atoms with E-state index in [4.69, 9.17) is 4.74 Å². The van der Waals surface area contributed by atoms with Crippen molar-refractivity contribution in [3.63, 3.8) is 0 Å². The van der Waals surface area contributed by atoms with Crippen molar-refractivity contribution in [2.45, 2.75) is 6.92 Å². The Balaban J connectivity index is 1.36. The average molecular weight is 410 g/mol. The first kappa shape index (κ1) is 20.2. The van der Waals surface area contributed by atoms with E-state index in [1.165, 1.54) is 0 Å². The largest absolute Gasteiger partial charge is 0.484 e. The third-order valence-corrected chi connectivity index (χ3v) is 4.78. The van der Waals surface area contributed by atoms with Gasteiger partial charge in [0, 0.05) is 16.9 Å². The van der Waals surface area contributed by atoms with Crippen molar-refractivity contribution < 1.29 is 14.3 Å². The van der Waals surface area contributed by atoms with Crippen molar-refractivity contribution in [3.05, 3.63) is 102 Å². The predicted molar refractivity (Wildman–Crippen MR) is 124 cm³/mol. The molecule has 5 nitrogen and oxygen atoms in total. The Morgan fingerprint density at radius 3 is 2.29 bits per heavy atom. The van der Waals surface area contributed by atoms with E-state index in [1.54, 1.807) is 24.3 Å². The molecule has 0 aliphatic carbocycles. The summed E-state index contributed by atoms with van der Waals surface area (Å²) in [7, 11) is 0. The van der Waals surface area contributed by atoms with E-state index in [1.807, 2.05) is 73.7 Å². The first-order valence-electron chi connectivity index (χ1n) is 9.96. The Morgan fingerprint density at radius 2 is 1.48 bits per heavy atom. The summed E-state index contributed by atoms with van der Waals surface area (Å²) < 4.78 is 5.62. The summed E-state index contributed by atoms with van der Waals surface area (Å²) in [6.45, 7) is 1.84. The summed E-state index contributed by atoms with van der Waals surface area (Å²) in [5.41, 5.74) is 2.77. The second-order valence-corrected chi connectivity index (χ2v) is 7.25. The van der Waals surface area contributed by atoms with Gasteiger partial charge in [-0.1, -0.05) is 48.5 Å². The maximum absolute atomic E-state index is 12.5. The molecule has 154 valence electrons. The van der Waals surface area contributed by atoms with Gasteiger partial charge < -0.3 is 15.4 Å². The fraction of sp³-hybridized carbons (Fsp3) is 0.0769. The fourth-order valence-electron chi connectivity index (χ4n) is 3.27. The summed E-state index contributed by atoms with van der Waals surface area (Å²) in [5, 5.41) is 7.80. The van der Waals surface area contributed by atoms with Gasteiger partial charge in [-0.15, -0.1) is 0 Å². The minimum absolute atomic E-state index is 0.127. The number of hydrogen-bond acceptors (Lipinski definition) is 3. The van der Waals surface area contributed by atoms with Crippen LogP contribution in [0.3, 0.4) is 0 Å². The van der Waals surface area contributed by atoms with E-state index >= 15 is 0 Å². The Hall–Kier alpha value is -4.12. The Bertz CT molecular complexity index is 1250. The van der Waals surface area contributed by atoms with Gasteiger partial charge in [0.2, 0.25) is 0 Å². The monoisotopic (exact) mass is 410 g/mol. The molecular formula is C26H22N2O3. The summed E-state index contributed by atoms with van der Waals surface area (Å²) in [6.07, 6.45) is 0. The predicted octanol–water partition coefficient (Wildman–Crippen LogP) is 5.42. The second kappa shape index (κ2) is 9.13. The maximum Gasteiger partial charge on any atom is 0.262 e. The van der Waals surface area contributed by atoms with Crippen molar-refractivity contribution in [1.82, 2.24) is 0 Å². The van der Waals surface area contributed by atoms with Crippen molar-refractivity contribution in [3.8, 4) is 5.75 Å². The lowest BCUT2D eigenvalue weighted by Gasteiger charge is -2.10. The molecule has 4 rings (SSSR count). The number of nitrogens with one attached hydrogen (secondary N) is 2. The first-order valence-corrected chi connectivity index (χ1v) is 9.96. The van der Waals surface area contributed by atoms with Crippen molar-refractivity contribution in [2.75, 3.05) is 17.2 Å². The molecule has 0 atom stereocenters. The number of aryl methyl sites for hydroxylation is 1. The molecule has 2 amide bonds. The molecule has 0 fully saturated rings. The zero-order valence-corrected chi connectivity index (χ0v) is 17.1. The normalized spacial score (nSPS) is 10.5. The topological polar surface area (TPSA) is 67.4 Å². The molecule has 5 heteroatoms. The maximum atomic E-state index is 12.5. The minimum atomic E-state index is -0.301. The van der Waals surface area contributed by atoms with Gasteiger partial charge in [0.05, 0.1) is 0 Å². The number of anilines is 2. The van der Waals surface area contributed by atoms with Gasteiger partial charge in [0.25, 0.3) is 11.8 Å². The van der Waals surface area contributed by atoms with E-state index in [0.717, 1.165) is 22.0 Å². The molecule has 0 unspecified atom stereocenters. The fourth-order valence-corrected chi connectivity index (χ4v) is 3.27. The van der Waals surface area contributed by atoms with Crippen LogP contribution in [0.1, 0.15) is 15.9 Å². The van der Waals surface area contributed by atoms with Crippen LogP contribution >= 0.6 is 0 Å². The van der Waals surface area contributed by atoms with Crippen LogP contribution in [0.15, 0.2) is 91.0 Å². The summed E-state index contributed by atoms with van der Waals surface area (Å²) in [5.74, 6) is 0.0821. The van der Waals surface area contributed by atoms with Gasteiger partial charge in [-0.3, -0.25) is 9.59 Å². The van der Waals surface area contributed by atoms with Gasteiger partial charge >= 0.3 is 0 Å². The highest BCUT2D eigenvalue weighted by atomic mass is 16.5. The number of carbonyl (C=O) groups excluding carboxylic acids is 2. The van der Waals surface area contributed by atoms with Crippen LogP contribution in [-0.2, 0) is 4.79 Å². The molecule has 0 spiro atoms. The van der Waals surface area contributed by atoms with Crippen LogP contribution in [0, 0.1) is 6.92 Å². The lowest BCUT2D eigenvalue weighted by atomic mass is 10.1. The van der Waals surface area contributed by atoms with Crippen LogP contribution in [0.4, 0.5) is 11.4 Å². The molecule has 0 heterocycles. The van der Waals surface area contributed by atoms with Crippen LogP contribution in [-0.4, -0.2) is 18.4 Å². The smallest absolute Gasteiger partial charge is 0.262 e. The SMILES string of the molecule is Cc1cccc(NC(=O)c2cccc(NC(=O)COc3ccc4ccccc4c3)c2)c1. The highest BCUT2D eigenvalue weighted by molar-refractivity contribution is 6.05. The van der Waals surface area contributed by atoms with Gasteiger partial charge in [-0.2, -0.15) is 0 Å². The zero-order chi connectivity index (χ0) is 21.6. The number of carbonyl (C=O) groups is 2. The summed E-state index contributed by atoms with van der Waals surface area (Å²) in [4.78, 5) is 24.9. The molecule has 4 aromatic carbocycles. The highest BCUT2D eigenvalue weighted by Gasteiger charge is 2.09. The van der Waals surface area contributed by atoms with Crippen LogP contribution < -0.4 is 15.4 Å². The number of ether oxygens (including phenoxy) is 1. The van der Waals surface area contributed by atoms with Crippen molar-refractivity contribution in [2.24, 2.45) is 0 Å².